The minimum atomic E-state index is 0.593. The third kappa shape index (κ3) is 1.38. The lowest BCUT2D eigenvalue weighted by Gasteiger charge is -2.06. The number of hydrazine groups is 1. The molecular formula is C9H9ClN4. The summed E-state index contributed by atoms with van der Waals surface area (Å²) in [6, 6.07) is 5.50. The van der Waals surface area contributed by atoms with Crippen molar-refractivity contribution in [2.75, 3.05) is 5.43 Å². The van der Waals surface area contributed by atoms with Crippen molar-refractivity contribution in [3.8, 4) is 0 Å². The molecule has 3 N–H and O–H groups in total. The van der Waals surface area contributed by atoms with E-state index in [2.05, 4.69) is 15.4 Å². The molecule has 1 heterocycles. The number of hydrogen-bond donors (Lipinski definition) is 2. The zero-order valence-electron chi connectivity index (χ0n) is 7.58. The van der Waals surface area contributed by atoms with Crippen molar-refractivity contribution < 1.29 is 0 Å². The molecule has 0 saturated heterocycles. The second-order valence-corrected chi connectivity index (χ2v) is 3.31. The average molecular weight is 209 g/mol. The van der Waals surface area contributed by atoms with Crippen LogP contribution < -0.4 is 11.3 Å². The van der Waals surface area contributed by atoms with E-state index in [4.69, 9.17) is 17.4 Å². The van der Waals surface area contributed by atoms with Gasteiger partial charge in [-0.2, -0.15) is 0 Å². The van der Waals surface area contributed by atoms with Gasteiger partial charge in [0.15, 0.2) is 5.82 Å². The number of para-hydroxylation sites is 1. The largest absolute Gasteiger partial charge is 0.308 e. The first-order valence-electron chi connectivity index (χ1n) is 4.12. The van der Waals surface area contributed by atoms with Crippen LogP contribution in [0.2, 0.25) is 5.02 Å². The van der Waals surface area contributed by atoms with Crippen LogP contribution in [0.3, 0.4) is 0 Å². The van der Waals surface area contributed by atoms with Crippen LogP contribution in [0, 0.1) is 6.92 Å². The maximum atomic E-state index is 6.00. The molecule has 0 fully saturated rings. The summed E-state index contributed by atoms with van der Waals surface area (Å²) in [5.74, 6) is 6.58. The molecule has 0 aliphatic heterocycles. The summed E-state index contributed by atoms with van der Waals surface area (Å²) in [5, 5.41) is 1.43. The van der Waals surface area contributed by atoms with Gasteiger partial charge in [0.2, 0.25) is 0 Å². The number of nitrogens with zero attached hydrogens (tertiary/aromatic N) is 2. The molecule has 0 spiro atoms. The van der Waals surface area contributed by atoms with Gasteiger partial charge in [-0.05, 0) is 19.1 Å². The second-order valence-electron chi connectivity index (χ2n) is 2.90. The van der Waals surface area contributed by atoms with Crippen LogP contribution in [0.5, 0.6) is 0 Å². The van der Waals surface area contributed by atoms with Crippen molar-refractivity contribution in [2.45, 2.75) is 6.92 Å². The number of fused-ring (bicyclic) bond motifs is 1. The first-order valence-corrected chi connectivity index (χ1v) is 4.49. The number of hydrogen-bond acceptors (Lipinski definition) is 4. The monoisotopic (exact) mass is 208 g/mol. The average Bonchev–Trinajstić information content (AvgIpc) is 2.18. The fourth-order valence-electron chi connectivity index (χ4n) is 1.34. The van der Waals surface area contributed by atoms with Crippen LogP contribution in [0.15, 0.2) is 18.2 Å². The Hall–Kier alpha value is -1.39. The number of nitrogen functional groups attached to an aromatic ring is 1. The number of aryl methyl sites for hydroxylation is 1. The zero-order valence-corrected chi connectivity index (χ0v) is 8.34. The lowest BCUT2D eigenvalue weighted by Crippen LogP contribution is -2.10. The van der Waals surface area contributed by atoms with E-state index >= 15 is 0 Å². The Morgan fingerprint density at radius 2 is 2.14 bits per heavy atom. The lowest BCUT2D eigenvalue weighted by molar-refractivity contribution is 1.08. The van der Waals surface area contributed by atoms with E-state index in [0.29, 0.717) is 16.7 Å². The van der Waals surface area contributed by atoms with E-state index < -0.39 is 0 Å². The Kier molecular flexibility index (Phi) is 2.23. The van der Waals surface area contributed by atoms with Gasteiger partial charge < -0.3 is 5.43 Å². The highest BCUT2D eigenvalue weighted by molar-refractivity contribution is 6.35. The molecule has 5 heteroatoms. The van der Waals surface area contributed by atoms with E-state index in [1.165, 1.54) is 0 Å². The molecule has 0 bridgehead atoms. The summed E-state index contributed by atoms with van der Waals surface area (Å²) in [6.45, 7) is 1.80. The number of nitrogens with two attached hydrogens (primary N) is 1. The van der Waals surface area contributed by atoms with Crippen LogP contribution in [0.4, 0.5) is 5.82 Å². The van der Waals surface area contributed by atoms with Crippen LogP contribution in [0.25, 0.3) is 10.9 Å². The SMILES string of the molecule is Cc1nc(NN)c2cccc(Cl)c2n1. The first kappa shape index (κ1) is 9.18. The van der Waals surface area contributed by atoms with Gasteiger partial charge in [-0.15, -0.1) is 0 Å². The van der Waals surface area contributed by atoms with Gasteiger partial charge in [0.25, 0.3) is 0 Å². The first-order chi connectivity index (χ1) is 6.72. The van der Waals surface area contributed by atoms with Gasteiger partial charge in [-0.1, -0.05) is 17.7 Å². The van der Waals surface area contributed by atoms with E-state index in [1.54, 1.807) is 13.0 Å². The molecule has 4 nitrogen and oxygen atoms in total. The molecule has 0 saturated carbocycles. The van der Waals surface area contributed by atoms with Crippen LogP contribution in [-0.4, -0.2) is 9.97 Å². The summed E-state index contributed by atoms with van der Waals surface area (Å²) in [5.41, 5.74) is 3.25. The van der Waals surface area contributed by atoms with Gasteiger partial charge in [0, 0.05) is 5.39 Å². The minimum absolute atomic E-state index is 0.593. The van der Waals surface area contributed by atoms with E-state index in [1.807, 2.05) is 12.1 Å². The molecule has 1 aromatic carbocycles. The predicted molar refractivity (Wildman–Crippen MR) is 57.1 cm³/mol. The van der Waals surface area contributed by atoms with Crippen LogP contribution in [-0.2, 0) is 0 Å². The second kappa shape index (κ2) is 3.40. The number of aromatic nitrogens is 2. The topological polar surface area (TPSA) is 63.8 Å². The smallest absolute Gasteiger partial charge is 0.151 e. The molecule has 0 amide bonds. The molecule has 0 atom stereocenters. The van der Waals surface area contributed by atoms with E-state index in [0.717, 1.165) is 10.9 Å². The van der Waals surface area contributed by atoms with Gasteiger partial charge in [-0.3, -0.25) is 0 Å². The minimum Gasteiger partial charge on any atom is -0.308 e. The predicted octanol–water partition coefficient (Wildman–Crippen LogP) is 1.88. The molecule has 2 rings (SSSR count). The van der Waals surface area contributed by atoms with Crippen molar-refractivity contribution in [1.82, 2.24) is 9.97 Å². The third-order valence-electron chi connectivity index (χ3n) is 1.93. The van der Waals surface area contributed by atoms with Crippen molar-refractivity contribution in [2.24, 2.45) is 5.84 Å². The molecule has 2 aromatic rings. The Morgan fingerprint density at radius 1 is 1.36 bits per heavy atom. The quantitative estimate of drug-likeness (QED) is 0.555. The Bertz CT molecular complexity index is 483. The highest BCUT2D eigenvalue weighted by Gasteiger charge is 2.06. The van der Waals surface area contributed by atoms with Crippen molar-refractivity contribution in [3.05, 3.63) is 29.0 Å². The maximum absolute atomic E-state index is 6.00. The van der Waals surface area contributed by atoms with Crippen LogP contribution in [0.1, 0.15) is 5.82 Å². The van der Waals surface area contributed by atoms with E-state index in [9.17, 15) is 0 Å². The molecule has 14 heavy (non-hydrogen) atoms. The Labute approximate surface area is 86.1 Å². The number of halogens is 1. The van der Waals surface area contributed by atoms with E-state index in [-0.39, 0.29) is 0 Å². The fourth-order valence-corrected chi connectivity index (χ4v) is 1.56. The van der Waals surface area contributed by atoms with Gasteiger partial charge in [-0.25, -0.2) is 15.8 Å². The molecule has 0 aliphatic carbocycles. The fraction of sp³-hybridized carbons (Fsp3) is 0.111. The Morgan fingerprint density at radius 3 is 2.86 bits per heavy atom. The van der Waals surface area contributed by atoms with Crippen LogP contribution >= 0.6 is 11.6 Å². The number of anilines is 1. The van der Waals surface area contributed by atoms with Gasteiger partial charge in [0.05, 0.1) is 10.5 Å². The van der Waals surface area contributed by atoms with Crippen molar-refractivity contribution in [1.29, 1.82) is 0 Å². The summed E-state index contributed by atoms with van der Waals surface area (Å²) in [6.07, 6.45) is 0. The normalized spacial score (nSPS) is 10.5. The van der Waals surface area contributed by atoms with Crippen molar-refractivity contribution in [3.63, 3.8) is 0 Å². The molecule has 72 valence electrons. The molecule has 0 radical (unpaired) electrons. The summed E-state index contributed by atoms with van der Waals surface area (Å²) in [4.78, 5) is 8.40. The molecule has 0 unspecified atom stereocenters. The van der Waals surface area contributed by atoms with Crippen molar-refractivity contribution >= 4 is 28.3 Å². The standard InChI is InChI=1S/C9H9ClN4/c1-5-12-8-6(9(13-5)14-11)3-2-4-7(8)10/h2-4H,11H2,1H3,(H,12,13,14). The molecule has 0 aliphatic rings. The third-order valence-corrected chi connectivity index (χ3v) is 2.23. The zero-order chi connectivity index (χ0) is 10.1. The summed E-state index contributed by atoms with van der Waals surface area (Å²) in [7, 11) is 0. The number of nitrogens with one attached hydrogen (secondary N) is 1. The van der Waals surface area contributed by atoms with Gasteiger partial charge in [0.1, 0.15) is 5.82 Å². The Balaban J connectivity index is 2.87. The maximum Gasteiger partial charge on any atom is 0.151 e. The number of rotatable bonds is 1. The number of benzene rings is 1. The highest BCUT2D eigenvalue weighted by atomic mass is 35.5. The summed E-state index contributed by atoms with van der Waals surface area (Å²) >= 11 is 6.00. The summed E-state index contributed by atoms with van der Waals surface area (Å²) < 4.78 is 0. The lowest BCUT2D eigenvalue weighted by atomic mass is 10.2. The molecular weight excluding hydrogens is 200 g/mol. The van der Waals surface area contributed by atoms with Gasteiger partial charge >= 0.3 is 0 Å². The highest BCUT2D eigenvalue weighted by Crippen LogP contribution is 2.25. The molecule has 1 aromatic heterocycles.